The van der Waals surface area contributed by atoms with Gasteiger partial charge in [0.1, 0.15) is 0 Å². The molecule has 2 amide bonds. The van der Waals surface area contributed by atoms with Gasteiger partial charge in [-0.3, -0.25) is 4.79 Å². The molecule has 118 valence electrons. The predicted molar refractivity (Wildman–Crippen MR) is 84.7 cm³/mol. The Kier molecular flexibility index (Phi) is 5.41. The fourth-order valence-corrected chi connectivity index (χ4v) is 2.34. The number of nitrogens with zero attached hydrogens (tertiary/aromatic N) is 1. The molecule has 0 bridgehead atoms. The van der Waals surface area contributed by atoms with E-state index < -0.39 is 5.97 Å². The highest BCUT2D eigenvalue weighted by Crippen LogP contribution is 2.19. The number of urea groups is 1. The van der Waals surface area contributed by atoms with E-state index in [2.05, 4.69) is 10.3 Å². The lowest BCUT2D eigenvalue weighted by Crippen LogP contribution is -2.39. The normalized spacial score (nSPS) is 10.6. The van der Waals surface area contributed by atoms with Gasteiger partial charge in [0, 0.05) is 43.2 Å². The average Bonchev–Trinajstić information content (AvgIpc) is 2.92. The molecular formula is C16H21N3O3. The molecular weight excluding hydrogens is 282 g/mol. The summed E-state index contributed by atoms with van der Waals surface area (Å²) in [6.07, 6.45) is 2.42. The van der Waals surface area contributed by atoms with Crippen LogP contribution >= 0.6 is 0 Å². The molecule has 2 aromatic rings. The Hall–Kier alpha value is -2.50. The first-order valence-corrected chi connectivity index (χ1v) is 7.41. The van der Waals surface area contributed by atoms with Gasteiger partial charge in [0.15, 0.2) is 0 Å². The van der Waals surface area contributed by atoms with Crippen LogP contribution in [-0.4, -0.2) is 40.1 Å². The van der Waals surface area contributed by atoms with E-state index in [9.17, 15) is 9.59 Å². The van der Waals surface area contributed by atoms with Crippen LogP contribution in [0.1, 0.15) is 25.3 Å². The molecule has 0 aliphatic heterocycles. The zero-order chi connectivity index (χ0) is 15.9. The number of amides is 2. The number of hydrogen-bond donors (Lipinski definition) is 3. The smallest absolute Gasteiger partial charge is 0.317 e. The Morgan fingerprint density at radius 2 is 2.09 bits per heavy atom. The first kappa shape index (κ1) is 15.9. The van der Waals surface area contributed by atoms with E-state index in [4.69, 9.17) is 5.11 Å². The summed E-state index contributed by atoms with van der Waals surface area (Å²) in [7, 11) is 0. The molecule has 0 spiro atoms. The highest BCUT2D eigenvalue weighted by molar-refractivity contribution is 5.83. The maximum atomic E-state index is 12.1. The molecule has 1 aromatic carbocycles. The number of aromatic nitrogens is 1. The van der Waals surface area contributed by atoms with Gasteiger partial charge in [-0.05, 0) is 25.0 Å². The number of benzene rings is 1. The van der Waals surface area contributed by atoms with Gasteiger partial charge in [-0.25, -0.2) is 4.79 Å². The molecule has 0 fully saturated rings. The predicted octanol–water partition coefficient (Wildman–Crippen LogP) is 2.56. The lowest BCUT2D eigenvalue weighted by Gasteiger charge is -2.21. The van der Waals surface area contributed by atoms with E-state index >= 15 is 0 Å². The zero-order valence-electron chi connectivity index (χ0n) is 12.6. The maximum Gasteiger partial charge on any atom is 0.317 e. The number of H-pyrrole nitrogens is 1. The van der Waals surface area contributed by atoms with Crippen LogP contribution in [0.2, 0.25) is 0 Å². The van der Waals surface area contributed by atoms with E-state index in [0.717, 1.165) is 16.5 Å². The highest BCUT2D eigenvalue weighted by atomic mass is 16.4. The molecule has 6 heteroatoms. The van der Waals surface area contributed by atoms with Gasteiger partial charge >= 0.3 is 12.0 Å². The summed E-state index contributed by atoms with van der Waals surface area (Å²) in [5, 5.41) is 12.5. The van der Waals surface area contributed by atoms with E-state index in [1.165, 1.54) is 0 Å². The second-order valence-electron chi connectivity index (χ2n) is 5.10. The fourth-order valence-electron chi connectivity index (χ4n) is 2.34. The molecule has 0 saturated heterocycles. The van der Waals surface area contributed by atoms with Crippen LogP contribution in [0.5, 0.6) is 0 Å². The first-order chi connectivity index (χ1) is 10.6. The molecule has 0 aliphatic carbocycles. The van der Waals surface area contributed by atoms with Gasteiger partial charge < -0.3 is 20.3 Å². The lowest BCUT2D eigenvalue weighted by atomic mass is 10.1. The summed E-state index contributed by atoms with van der Waals surface area (Å²) in [4.78, 5) is 27.5. The Morgan fingerprint density at radius 3 is 2.82 bits per heavy atom. The minimum Gasteiger partial charge on any atom is -0.481 e. The van der Waals surface area contributed by atoms with Gasteiger partial charge in [-0.15, -0.1) is 0 Å². The number of carboxylic acids is 1. The number of nitrogens with one attached hydrogen (secondary N) is 2. The molecule has 0 atom stereocenters. The maximum absolute atomic E-state index is 12.1. The molecule has 1 heterocycles. The number of rotatable bonds is 7. The van der Waals surface area contributed by atoms with Gasteiger partial charge in [-0.2, -0.15) is 0 Å². The van der Waals surface area contributed by atoms with Gasteiger partial charge in [0.2, 0.25) is 0 Å². The zero-order valence-corrected chi connectivity index (χ0v) is 12.6. The van der Waals surface area contributed by atoms with Crippen molar-refractivity contribution in [3.05, 3.63) is 36.0 Å². The number of carbonyl (C=O) groups is 2. The molecule has 1 aromatic heterocycles. The number of para-hydroxylation sites is 1. The van der Waals surface area contributed by atoms with Crippen molar-refractivity contribution in [3.63, 3.8) is 0 Å². The van der Waals surface area contributed by atoms with E-state index in [-0.39, 0.29) is 12.5 Å². The monoisotopic (exact) mass is 303 g/mol. The van der Waals surface area contributed by atoms with E-state index in [1.54, 1.807) is 4.90 Å². The molecule has 3 N–H and O–H groups in total. The molecule has 2 rings (SSSR count). The third-order valence-electron chi connectivity index (χ3n) is 3.55. The van der Waals surface area contributed by atoms with Gasteiger partial charge in [0.05, 0.1) is 0 Å². The molecule has 0 unspecified atom stereocenters. The molecule has 0 aliphatic rings. The summed E-state index contributed by atoms with van der Waals surface area (Å²) >= 11 is 0. The number of aromatic amines is 1. The van der Waals surface area contributed by atoms with Crippen LogP contribution in [0, 0.1) is 0 Å². The number of carboxylic acid groups (broad SMARTS) is 1. The Labute approximate surface area is 129 Å². The van der Waals surface area contributed by atoms with Crippen molar-refractivity contribution >= 4 is 22.9 Å². The van der Waals surface area contributed by atoms with Crippen molar-refractivity contribution in [1.82, 2.24) is 15.2 Å². The third kappa shape index (κ3) is 4.00. The Bertz CT molecular complexity index is 651. The van der Waals surface area contributed by atoms with E-state index in [0.29, 0.717) is 26.1 Å². The summed E-state index contributed by atoms with van der Waals surface area (Å²) < 4.78 is 0. The van der Waals surface area contributed by atoms with Gasteiger partial charge in [-0.1, -0.05) is 18.2 Å². The van der Waals surface area contributed by atoms with Crippen LogP contribution in [-0.2, 0) is 11.3 Å². The summed E-state index contributed by atoms with van der Waals surface area (Å²) in [5.74, 6) is -0.847. The lowest BCUT2D eigenvalue weighted by molar-refractivity contribution is -0.137. The van der Waals surface area contributed by atoms with Crippen LogP contribution in [0.25, 0.3) is 10.9 Å². The Balaban J connectivity index is 1.93. The fraction of sp³-hybridized carbons (Fsp3) is 0.375. The van der Waals surface area contributed by atoms with Crippen molar-refractivity contribution in [1.29, 1.82) is 0 Å². The van der Waals surface area contributed by atoms with Crippen LogP contribution in [0.3, 0.4) is 0 Å². The number of aliphatic carboxylic acids is 1. The molecule has 22 heavy (non-hydrogen) atoms. The van der Waals surface area contributed by atoms with Crippen LogP contribution in [0.4, 0.5) is 4.79 Å². The standard InChI is InChI=1S/C16H21N3O3/c1-2-19(16(22)17-9-5-8-15(20)21)11-12-10-18-14-7-4-3-6-13(12)14/h3-4,6-7,10,18H,2,5,8-9,11H2,1H3,(H,17,22)(H,20,21). The quantitative estimate of drug-likeness (QED) is 0.687. The Morgan fingerprint density at radius 1 is 1.32 bits per heavy atom. The molecule has 0 radical (unpaired) electrons. The average molecular weight is 303 g/mol. The minimum absolute atomic E-state index is 0.0643. The molecule has 6 nitrogen and oxygen atoms in total. The second kappa shape index (κ2) is 7.49. The van der Waals surface area contributed by atoms with Gasteiger partial charge in [0.25, 0.3) is 0 Å². The topological polar surface area (TPSA) is 85.4 Å². The largest absolute Gasteiger partial charge is 0.481 e. The summed E-state index contributed by atoms with van der Waals surface area (Å²) in [6, 6.07) is 7.80. The van der Waals surface area contributed by atoms with Crippen molar-refractivity contribution in [3.8, 4) is 0 Å². The number of hydrogen-bond acceptors (Lipinski definition) is 2. The third-order valence-corrected chi connectivity index (χ3v) is 3.55. The van der Waals surface area contributed by atoms with Crippen LogP contribution in [0.15, 0.2) is 30.5 Å². The first-order valence-electron chi connectivity index (χ1n) is 7.41. The van der Waals surface area contributed by atoms with Crippen LogP contribution < -0.4 is 5.32 Å². The SMILES string of the molecule is CCN(Cc1c[nH]c2ccccc12)C(=O)NCCCC(=O)O. The van der Waals surface area contributed by atoms with Crippen molar-refractivity contribution < 1.29 is 14.7 Å². The van der Waals surface area contributed by atoms with Crippen molar-refractivity contribution in [2.24, 2.45) is 0 Å². The summed E-state index contributed by atoms with van der Waals surface area (Å²) in [6.45, 7) is 3.40. The number of carbonyl (C=O) groups excluding carboxylic acids is 1. The minimum atomic E-state index is -0.847. The number of fused-ring (bicyclic) bond motifs is 1. The van der Waals surface area contributed by atoms with E-state index in [1.807, 2.05) is 37.4 Å². The second-order valence-corrected chi connectivity index (χ2v) is 5.10. The highest BCUT2D eigenvalue weighted by Gasteiger charge is 2.13. The van der Waals surface area contributed by atoms with Crippen molar-refractivity contribution in [2.45, 2.75) is 26.3 Å². The van der Waals surface area contributed by atoms with Crippen molar-refractivity contribution in [2.75, 3.05) is 13.1 Å². The molecule has 0 saturated carbocycles. The summed E-state index contributed by atoms with van der Waals surface area (Å²) in [5.41, 5.74) is 2.12.